The van der Waals surface area contributed by atoms with Gasteiger partial charge < -0.3 is 4.74 Å². The molecule has 2 aromatic heterocycles. The maximum Gasteiger partial charge on any atom is 0.272 e. The first-order valence-electron chi connectivity index (χ1n) is 10.1. The highest BCUT2D eigenvalue weighted by molar-refractivity contribution is 7.23. The maximum atomic E-state index is 13.5. The summed E-state index contributed by atoms with van der Waals surface area (Å²) < 4.78 is 6.36. The molecule has 160 valence electrons. The summed E-state index contributed by atoms with van der Waals surface area (Å²) in [5.74, 6) is -0.0343. The van der Waals surface area contributed by atoms with Crippen LogP contribution in [-0.2, 0) is 4.74 Å². The van der Waals surface area contributed by atoms with Crippen LogP contribution in [0.4, 0.5) is 5.13 Å². The number of halogens is 1. The summed E-state index contributed by atoms with van der Waals surface area (Å²) in [4.78, 5) is 27.6. The number of aromatic nitrogens is 2. The molecule has 3 heterocycles. The quantitative estimate of drug-likeness (QED) is 0.529. The van der Waals surface area contributed by atoms with Crippen LogP contribution in [0.5, 0.6) is 0 Å². The van der Waals surface area contributed by atoms with Crippen LogP contribution in [0.25, 0.3) is 10.2 Å². The molecule has 1 aromatic carbocycles. The lowest BCUT2D eigenvalue weighted by Gasteiger charge is -2.27. The van der Waals surface area contributed by atoms with E-state index in [1.165, 1.54) is 22.7 Å². The number of morpholine rings is 1. The van der Waals surface area contributed by atoms with Gasteiger partial charge in [0.15, 0.2) is 5.13 Å². The molecule has 0 atom stereocenters. The number of carbonyl (C=O) groups is 1. The predicted molar refractivity (Wildman–Crippen MR) is 125 cm³/mol. The summed E-state index contributed by atoms with van der Waals surface area (Å²) in [5, 5.41) is 2.26. The van der Waals surface area contributed by atoms with Crippen LogP contribution in [0.3, 0.4) is 0 Å². The first-order valence-corrected chi connectivity index (χ1v) is 12.1. The van der Waals surface area contributed by atoms with Crippen molar-refractivity contribution in [2.45, 2.75) is 27.2 Å². The van der Waals surface area contributed by atoms with Gasteiger partial charge in [-0.25, -0.2) is 9.97 Å². The average molecular weight is 465 g/mol. The Morgan fingerprint density at radius 3 is 2.63 bits per heavy atom. The summed E-state index contributed by atoms with van der Waals surface area (Å²) in [6, 6.07) is 3.86. The second-order valence-electron chi connectivity index (χ2n) is 7.45. The zero-order valence-corrected chi connectivity index (χ0v) is 19.8. The van der Waals surface area contributed by atoms with Crippen molar-refractivity contribution in [3.63, 3.8) is 0 Å². The van der Waals surface area contributed by atoms with Crippen LogP contribution in [0.15, 0.2) is 12.1 Å². The third-order valence-electron chi connectivity index (χ3n) is 5.22. The number of ether oxygens (including phenoxy) is 1. The Bertz CT molecular complexity index is 1020. The van der Waals surface area contributed by atoms with Crippen LogP contribution in [0.2, 0.25) is 5.02 Å². The van der Waals surface area contributed by atoms with Gasteiger partial charge in [0, 0.05) is 26.2 Å². The Balaban J connectivity index is 1.62. The largest absolute Gasteiger partial charge is 0.379 e. The second kappa shape index (κ2) is 9.28. The van der Waals surface area contributed by atoms with Crippen LogP contribution in [0, 0.1) is 20.8 Å². The van der Waals surface area contributed by atoms with Gasteiger partial charge in [-0.2, -0.15) is 0 Å². The third kappa shape index (κ3) is 4.53. The Hall–Kier alpha value is -1.58. The van der Waals surface area contributed by atoms with E-state index in [9.17, 15) is 4.79 Å². The molecule has 0 N–H and O–H groups in total. The van der Waals surface area contributed by atoms with E-state index >= 15 is 0 Å². The third-order valence-corrected chi connectivity index (χ3v) is 7.82. The summed E-state index contributed by atoms with van der Waals surface area (Å²) in [5.41, 5.74) is 2.70. The number of nitrogens with zero attached hydrogens (tertiary/aromatic N) is 4. The maximum absolute atomic E-state index is 13.5. The fourth-order valence-corrected chi connectivity index (χ4v) is 5.83. The molecule has 1 fully saturated rings. The summed E-state index contributed by atoms with van der Waals surface area (Å²) >= 11 is 9.34. The Morgan fingerprint density at radius 2 is 1.97 bits per heavy atom. The van der Waals surface area contributed by atoms with E-state index in [1.807, 2.05) is 32.9 Å². The molecule has 30 heavy (non-hydrogen) atoms. The van der Waals surface area contributed by atoms with Crippen LogP contribution in [-0.4, -0.2) is 60.2 Å². The summed E-state index contributed by atoms with van der Waals surface area (Å²) in [7, 11) is 0. The lowest BCUT2D eigenvalue weighted by atomic mass is 10.2. The van der Waals surface area contributed by atoms with Gasteiger partial charge in [-0.3, -0.25) is 14.6 Å². The number of rotatable bonds is 6. The first-order chi connectivity index (χ1) is 14.4. The second-order valence-corrected chi connectivity index (χ2v) is 10.0. The number of hydrogen-bond donors (Lipinski definition) is 0. The highest BCUT2D eigenvalue weighted by atomic mass is 35.5. The predicted octanol–water partition coefficient (Wildman–Crippen LogP) is 4.70. The van der Waals surface area contributed by atoms with Crippen molar-refractivity contribution in [3.05, 3.63) is 38.3 Å². The molecule has 1 aliphatic heterocycles. The fraction of sp³-hybridized carbons (Fsp3) is 0.476. The molecule has 0 radical (unpaired) electrons. The number of carbonyl (C=O) groups excluding carboxylic acids is 1. The van der Waals surface area contributed by atoms with Gasteiger partial charge in [0.1, 0.15) is 4.88 Å². The van der Waals surface area contributed by atoms with Gasteiger partial charge >= 0.3 is 0 Å². The molecular weight excluding hydrogens is 440 g/mol. The lowest BCUT2D eigenvalue weighted by molar-refractivity contribution is 0.0376. The standard InChI is InChI=1S/C21H25ClN4O2S2/c1-13-5-6-16(22)19-17(13)24-21(30-19)26(8-4-7-25-9-11-28-12-10-25)20(27)18-14(2)23-15(3)29-18/h5-6H,4,7-12H2,1-3H3. The first kappa shape index (κ1) is 21.6. The molecule has 0 bridgehead atoms. The molecule has 4 rings (SSSR count). The molecule has 3 aromatic rings. The average Bonchev–Trinajstić information content (AvgIpc) is 3.32. The number of benzene rings is 1. The molecule has 1 amide bonds. The van der Waals surface area contributed by atoms with E-state index in [4.69, 9.17) is 21.3 Å². The van der Waals surface area contributed by atoms with Crippen molar-refractivity contribution >= 4 is 55.5 Å². The number of amides is 1. The molecule has 1 aliphatic rings. The van der Waals surface area contributed by atoms with Gasteiger partial charge in [0.2, 0.25) is 0 Å². The van der Waals surface area contributed by atoms with Crippen molar-refractivity contribution in [2.24, 2.45) is 0 Å². The smallest absolute Gasteiger partial charge is 0.272 e. The highest BCUT2D eigenvalue weighted by Gasteiger charge is 2.26. The topological polar surface area (TPSA) is 58.6 Å². The van der Waals surface area contributed by atoms with E-state index in [-0.39, 0.29) is 5.91 Å². The molecule has 0 saturated carbocycles. The van der Waals surface area contributed by atoms with E-state index in [0.29, 0.717) is 21.6 Å². The number of aryl methyl sites for hydroxylation is 3. The van der Waals surface area contributed by atoms with Crippen molar-refractivity contribution in [1.29, 1.82) is 0 Å². The molecule has 1 saturated heterocycles. The van der Waals surface area contributed by atoms with Crippen molar-refractivity contribution in [3.8, 4) is 0 Å². The number of anilines is 1. The van der Waals surface area contributed by atoms with E-state index in [1.54, 1.807) is 4.90 Å². The van der Waals surface area contributed by atoms with Crippen LogP contribution >= 0.6 is 34.3 Å². The lowest BCUT2D eigenvalue weighted by Crippen LogP contribution is -2.39. The molecule has 0 spiro atoms. The van der Waals surface area contributed by atoms with Crippen molar-refractivity contribution < 1.29 is 9.53 Å². The number of thiazole rings is 2. The molecule has 6 nitrogen and oxygen atoms in total. The SMILES string of the molecule is Cc1nc(C)c(C(=O)N(CCCN2CCOCC2)c2nc3c(C)ccc(Cl)c3s2)s1. The van der Waals surface area contributed by atoms with Gasteiger partial charge in [-0.05, 0) is 38.8 Å². The summed E-state index contributed by atoms with van der Waals surface area (Å²) in [6.45, 7) is 10.8. The van der Waals surface area contributed by atoms with E-state index in [2.05, 4.69) is 9.88 Å². The molecule has 0 unspecified atom stereocenters. The van der Waals surface area contributed by atoms with Gasteiger partial charge in [-0.1, -0.05) is 29.0 Å². The zero-order valence-electron chi connectivity index (χ0n) is 17.4. The van der Waals surface area contributed by atoms with Gasteiger partial charge in [0.05, 0.1) is 39.2 Å². The molecule has 0 aliphatic carbocycles. The minimum Gasteiger partial charge on any atom is -0.379 e. The van der Waals surface area contributed by atoms with E-state index in [0.717, 1.165) is 65.8 Å². The molecule has 9 heteroatoms. The van der Waals surface area contributed by atoms with Crippen molar-refractivity contribution in [1.82, 2.24) is 14.9 Å². The Morgan fingerprint density at radius 1 is 1.20 bits per heavy atom. The van der Waals surface area contributed by atoms with Gasteiger partial charge in [-0.15, -0.1) is 11.3 Å². The summed E-state index contributed by atoms with van der Waals surface area (Å²) in [6.07, 6.45) is 0.866. The normalized spacial score (nSPS) is 15.1. The van der Waals surface area contributed by atoms with E-state index < -0.39 is 0 Å². The number of fused-ring (bicyclic) bond motifs is 1. The number of hydrogen-bond acceptors (Lipinski definition) is 7. The monoisotopic (exact) mass is 464 g/mol. The minimum atomic E-state index is -0.0343. The fourth-order valence-electron chi connectivity index (χ4n) is 3.62. The van der Waals surface area contributed by atoms with Crippen LogP contribution in [0.1, 0.15) is 32.4 Å². The highest BCUT2D eigenvalue weighted by Crippen LogP contribution is 2.36. The Kier molecular flexibility index (Phi) is 6.69. The Labute approximate surface area is 189 Å². The van der Waals surface area contributed by atoms with Crippen molar-refractivity contribution in [2.75, 3.05) is 44.3 Å². The minimum absolute atomic E-state index is 0.0343. The van der Waals surface area contributed by atoms with Gasteiger partial charge in [0.25, 0.3) is 5.91 Å². The van der Waals surface area contributed by atoms with Crippen LogP contribution < -0.4 is 4.90 Å². The zero-order chi connectivity index (χ0) is 21.3. The molecular formula is C21H25ClN4O2S2.